The summed E-state index contributed by atoms with van der Waals surface area (Å²) in [6, 6.07) is 10.8. The minimum atomic E-state index is -4.25. The summed E-state index contributed by atoms with van der Waals surface area (Å²) in [7, 11) is -4.25. The van der Waals surface area contributed by atoms with Crippen molar-refractivity contribution < 1.29 is 17.2 Å². The number of fused-ring (bicyclic) bond motifs is 1. The van der Waals surface area contributed by atoms with Crippen LogP contribution in [0.15, 0.2) is 47.4 Å². The molecule has 0 amide bonds. The zero-order chi connectivity index (χ0) is 17.3. The van der Waals surface area contributed by atoms with E-state index in [2.05, 4.69) is 9.62 Å². The Morgan fingerprint density at radius 1 is 1.12 bits per heavy atom. The lowest BCUT2D eigenvalue weighted by molar-refractivity contribution is 0.510. The van der Waals surface area contributed by atoms with Gasteiger partial charge in [0.25, 0.3) is 0 Å². The van der Waals surface area contributed by atoms with Crippen LogP contribution >= 0.6 is 0 Å². The number of benzene rings is 2. The van der Waals surface area contributed by atoms with Gasteiger partial charge >= 0.3 is 0 Å². The van der Waals surface area contributed by atoms with E-state index >= 15 is 0 Å². The van der Waals surface area contributed by atoms with Crippen LogP contribution in [0, 0.1) is 11.6 Å². The third-order valence-electron chi connectivity index (χ3n) is 4.21. The molecule has 1 N–H and O–H groups in total. The second-order valence-corrected chi connectivity index (χ2v) is 7.53. The first-order chi connectivity index (χ1) is 11.4. The zero-order valence-corrected chi connectivity index (χ0v) is 14.0. The zero-order valence-electron chi connectivity index (χ0n) is 13.2. The van der Waals surface area contributed by atoms with Crippen LogP contribution in [0.2, 0.25) is 0 Å². The van der Waals surface area contributed by atoms with Crippen molar-refractivity contribution in [3.63, 3.8) is 0 Å². The third kappa shape index (κ3) is 3.14. The second-order valence-electron chi connectivity index (χ2n) is 5.82. The number of hydrogen-bond donors (Lipinski definition) is 1. The first-order valence-electron chi connectivity index (χ1n) is 7.68. The highest BCUT2D eigenvalue weighted by Gasteiger charge is 2.27. The predicted molar refractivity (Wildman–Crippen MR) is 88.5 cm³/mol. The molecule has 2 aromatic rings. The van der Waals surface area contributed by atoms with Gasteiger partial charge in [0.1, 0.15) is 11.6 Å². The van der Waals surface area contributed by atoms with Crippen molar-refractivity contribution >= 4 is 15.7 Å². The summed E-state index contributed by atoms with van der Waals surface area (Å²) in [5.74, 6) is -2.19. The SMILES string of the molecule is CC(CNS(=O)(=O)c1c(F)cccc1F)N1CCc2ccccc21. The fraction of sp³-hybridized carbons (Fsp3) is 0.294. The Kier molecular flexibility index (Phi) is 4.56. The molecule has 1 aliphatic heterocycles. The quantitative estimate of drug-likeness (QED) is 0.900. The fourth-order valence-electron chi connectivity index (χ4n) is 2.97. The molecule has 7 heteroatoms. The number of rotatable bonds is 5. The van der Waals surface area contributed by atoms with E-state index < -0.39 is 26.6 Å². The van der Waals surface area contributed by atoms with Crippen LogP contribution in [0.5, 0.6) is 0 Å². The van der Waals surface area contributed by atoms with E-state index in [1.54, 1.807) is 0 Å². The highest BCUT2D eigenvalue weighted by Crippen LogP contribution is 2.29. The molecule has 0 bridgehead atoms. The fourth-order valence-corrected chi connectivity index (χ4v) is 4.23. The van der Waals surface area contributed by atoms with Crippen molar-refractivity contribution in [3.8, 4) is 0 Å². The van der Waals surface area contributed by atoms with Gasteiger partial charge in [-0.1, -0.05) is 24.3 Å². The Morgan fingerprint density at radius 2 is 1.79 bits per heavy atom. The summed E-state index contributed by atoms with van der Waals surface area (Å²) in [5, 5.41) is 0. The maximum absolute atomic E-state index is 13.7. The van der Waals surface area contributed by atoms with Crippen molar-refractivity contribution in [2.75, 3.05) is 18.0 Å². The number of sulfonamides is 1. The van der Waals surface area contributed by atoms with Gasteiger partial charge in [-0.05, 0) is 37.1 Å². The smallest absolute Gasteiger partial charge is 0.246 e. The molecule has 0 radical (unpaired) electrons. The summed E-state index contributed by atoms with van der Waals surface area (Å²) in [4.78, 5) is 1.16. The standard InChI is InChI=1S/C17H18F2N2O2S/c1-12(21-10-9-13-5-2-3-8-16(13)21)11-20-24(22,23)17-14(18)6-4-7-15(17)19/h2-8,12,20H,9-11H2,1H3. The molecule has 2 aromatic carbocycles. The molecule has 3 rings (SSSR count). The van der Waals surface area contributed by atoms with E-state index in [1.807, 2.05) is 31.2 Å². The molecule has 0 saturated carbocycles. The Labute approximate surface area is 140 Å². The van der Waals surface area contributed by atoms with Gasteiger partial charge in [-0.3, -0.25) is 0 Å². The molecule has 1 unspecified atom stereocenters. The highest BCUT2D eigenvalue weighted by atomic mass is 32.2. The van der Waals surface area contributed by atoms with Gasteiger partial charge in [-0.2, -0.15) is 0 Å². The first-order valence-corrected chi connectivity index (χ1v) is 9.16. The van der Waals surface area contributed by atoms with Crippen LogP contribution in [0.4, 0.5) is 14.5 Å². The molecule has 0 saturated heterocycles. The van der Waals surface area contributed by atoms with E-state index in [0.717, 1.165) is 36.9 Å². The summed E-state index contributed by atoms with van der Waals surface area (Å²) in [6.45, 7) is 2.73. The molecule has 0 spiro atoms. The normalized spacial score (nSPS) is 15.4. The number of halogens is 2. The second kappa shape index (κ2) is 6.49. The van der Waals surface area contributed by atoms with Crippen LogP contribution in [0.3, 0.4) is 0 Å². The maximum Gasteiger partial charge on any atom is 0.246 e. The molecule has 4 nitrogen and oxygen atoms in total. The summed E-state index contributed by atoms with van der Waals surface area (Å²) < 4.78 is 54.2. The average molecular weight is 352 g/mol. The highest BCUT2D eigenvalue weighted by molar-refractivity contribution is 7.89. The van der Waals surface area contributed by atoms with Crippen molar-refractivity contribution in [1.29, 1.82) is 0 Å². The number of nitrogens with zero attached hydrogens (tertiary/aromatic N) is 1. The van der Waals surface area contributed by atoms with Gasteiger partial charge in [0.05, 0.1) is 0 Å². The average Bonchev–Trinajstić information content (AvgIpc) is 2.96. The molecule has 128 valence electrons. The van der Waals surface area contributed by atoms with Crippen molar-refractivity contribution in [2.24, 2.45) is 0 Å². The molecule has 1 aliphatic rings. The molecule has 0 fully saturated rings. The molecule has 0 aromatic heterocycles. The molecular formula is C17H18F2N2O2S. The van der Waals surface area contributed by atoms with Crippen LogP contribution in [0.1, 0.15) is 12.5 Å². The summed E-state index contributed by atoms with van der Waals surface area (Å²) in [6.07, 6.45) is 0.898. The molecule has 1 atom stereocenters. The monoisotopic (exact) mass is 352 g/mol. The van der Waals surface area contributed by atoms with Gasteiger partial charge < -0.3 is 4.90 Å². The minimum Gasteiger partial charge on any atom is -0.367 e. The van der Waals surface area contributed by atoms with Crippen molar-refractivity contribution in [1.82, 2.24) is 4.72 Å². The Hall–Kier alpha value is -1.99. The van der Waals surface area contributed by atoms with Gasteiger partial charge in [0, 0.05) is 24.8 Å². The number of hydrogen-bond acceptors (Lipinski definition) is 3. The van der Waals surface area contributed by atoms with Crippen LogP contribution in [0.25, 0.3) is 0 Å². The molecule has 1 heterocycles. The van der Waals surface area contributed by atoms with Gasteiger partial charge in [-0.15, -0.1) is 0 Å². The predicted octanol–water partition coefficient (Wildman–Crippen LogP) is 2.69. The maximum atomic E-state index is 13.7. The minimum absolute atomic E-state index is 0.0600. The third-order valence-corrected chi connectivity index (χ3v) is 5.69. The Morgan fingerprint density at radius 3 is 2.50 bits per heavy atom. The Bertz CT molecular complexity index is 835. The summed E-state index contributed by atoms with van der Waals surface area (Å²) >= 11 is 0. The van der Waals surface area contributed by atoms with Crippen LogP contribution in [-0.4, -0.2) is 27.5 Å². The van der Waals surface area contributed by atoms with Crippen molar-refractivity contribution in [3.05, 3.63) is 59.7 Å². The van der Waals surface area contributed by atoms with Gasteiger partial charge in [0.2, 0.25) is 10.0 Å². The van der Waals surface area contributed by atoms with E-state index in [1.165, 1.54) is 5.56 Å². The molecular weight excluding hydrogens is 334 g/mol. The van der Waals surface area contributed by atoms with E-state index in [4.69, 9.17) is 0 Å². The lowest BCUT2D eigenvalue weighted by atomic mass is 10.2. The number of nitrogens with one attached hydrogen (secondary N) is 1. The number of anilines is 1. The lowest BCUT2D eigenvalue weighted by Gasteiger charge is -2.27. The number of para-hydroxylation sites is 1. The largest absolute Gasteiger partial charge is 0.367 e. The van der Waals surface area contributed by atoms with E-state index in [-0.39, 0.29) is 12.6 Å². The molecule has 0 aliphatic carbocycles. The van der Waals surface area contributed by atoms with Crippen molar-refractivity contribution in [2.45, 2.75) is 24.3 Å². The lowest BCUT2D eigenvalue weighted by Crippen LogP contribution is -2.41. The summed E-state index contributed by atoms with van der Waals surface area (Å²) in [5.41, 5.74) is 2.29. The molecule has 24 heavy (non-hydrogen) atoms. The van der Waals surface area contributed by atoms with Crippen LogP contribution < -0.4 is 9.62 Å². The van der Waals surface area contributed by atoms with Gasteiger partial charge in [-0.25, -0.2) is 21.9 Å². The van der Waals surface area contributed by atoms with Gasteiger partial charge in [0.15, 0.2) is 4.90 Å². The van der Waals surface area contributed by atoms with Crippen LogP contribution in [-0.2, 0) is 16.4 Å². The topological polar surface area (TPSA) is 49.4 Å². The first kappa shape index (κ1) is 16.9. The van der Waals surface area contributed by atoms with E-state index in [0.29, 0.717) is 0 Å². The Balaban J connectivity index is 1.74. The van der Waals surface area contributed by atoms with E-state index in [9.17, 15) is 17.2 Å².